The topological polar surface area (TPSA) is 53.2 Å². The summed E-state index contributed by atoms with van der Waals surface area (Å²) in [4.78, 5) is 12.8. The minimum absolute atomic E-state index is 0.0598. The van der Waals surface area contributed by atoms with Crippen LogP contribution >= 0.6 is 0 Å². The molecule has 0 spiro atoms. The van der Waals surface area contributed by atoms with Gasteiger partial charge in [0.25, 0.3) is 0 Å². The van der Waals surface area contributed by atoms with Crippen molar-refractivity contribution in [3.63, 3.8) is 0 Å². The molecule has 0 aromatic rings. The third kappa shape index (κ3) is 2.69. The summed E-state index contributed by atoms with van der Waals surface area (Å²) >= 11 is 0. The lowest BCUT2D eigenvalue weighted by atomic mass is 9.78. The van der Waals surface area contributed by atoms with E-state index in [4.69, 9.17) is 0 Å². The van der Waals surface area contributed by atoms with Gasteiger partial charge in [0.05, 0.1) is 6.04 Å². The third-order valence-corrected chi connectivity index (χ3v) is 6.84. The van der Waals surface area contributed by atoms with E-state index in [0.29, 0.717) is 12.0 Å². The average Bonchev–Trinajstić information content (AvgIpc) is 3.17. The maximum absolute atomic E-state index is 12.8. The summed E-state index contributed by atoms with van der Waals surface area (Å²) in [5.41, 5.74) is 0.131. The summed E-state index contributed by atoms with van der Waals surface area (Å²) in [7, 11) is 0. The summed E-state index contributed by atoms with van der Waals surface area (Å²) < 4.78 is 0. The van der Waals surface area contributed by atoms with E-state index in [0.717, 1.165) is 31.3 Å². The van der Waals surface area contributed by atoms with Crippen molar-refractivity contribution in [1.29, 1.82) is 0 Å². The maximum Gasteiger partial charge on any atom is 0.237 e. The van der Waals surface area contributed by atoms with E-state index < -0.39 is 0 Å². The van der Waals surface area contributed by atoms with Crippen LogP contribution in [-0.4, -0.2) is 36.6 Å². The van der Waals surface area contributed by atoms with Gasteiger partial charge in [-0.15, -0.1) is 0 Å². The van der Waals surface area contributed by atoms with Gasteiger partial charge in [-0.3, -0.25) is 4.79 Å². The summed E-state index contributed by atoms with van der Waals surface area (Å²) in [6, 6.07) is 0.639. The van der Waals surface area contributed by atoms with Crippen LogP contribution in [0.25, 0.3) is 0 Å². The molecule has 1 amide bonds. The molecule has 0 aromatic carbocycles. The van der Waals surface area contributed by atoms with Crippen molar-refractivity contribution in [3.8, 4) is 0 Å². The first-order valence-corrected chi connectivity index (χ1v) is 9.47. The molecule has 4 aliphatic rings. The first-order valence-electron chi connectivity index (χ1n) is 9.47. The van der Waals surface area contributed by atoms with Gasteiger partial charge < -0.3 is 16.0 Å². The van der Waals surface area contributed by atoms with E-state index >= 15 is 0 Å². The SMILES string of the molecule is CC1CCCC2CC(C(=O)NC3(C4CCCNC4)CC3)NC12. The molecule has 2 heterocycles. The van der Waals surface area contributed by atoms with Crippen molar-refractivity contribution >= 4 is 5.91 Å². The number of hydrogen-bond acceptors (Lipinski definition) is 3. The molecule has 4 fully saturated rings. The molecule has 3 N–H and O–H groups in total. The number of nitrogens with one attached hydrogen (secondary N) is 3. The number of hydrogen-bond donors (Lipinski definition) is 3. The summed E-state index contributed by atoms with van der Waals surface area (Å²) in [6.45, 7) is 4.58. The number of amides is 1. The van der Waals surface area contributed by atoms with Gasteiger partial charge in [-0.05, 0) is 69.2 Å². The van der Waals surface area contributed by atoms with Gasteiger partial charge in [-0.2, -0.15) is 0 Å². The third-order valence-electron chi connectivity index (χ3n) is 6.84. The number of rotatable bonds is 3. The van der Waals surface area contributed by atoms with Gasteiger partial charge >= 0.3 is 0 Å². The van der Waals surface area contributed by atoms with Crippen molar-refractivity contribution in [2.45, 2.75) is 75.9 Å². The van der Waals surface area contributed by atoms with Crippen LogP contribution < -0.4 is 16.0 Å². The van der Waals surface area contributed by atoms with Crippen LogP contribution in [0.3, 0.4) is 0 Å². The van der Waals surface area contributed by atoms with Crippen LogP contribution in [0.15, 0.2) is 0 Å². The molecule has 4 heteroatoms. The Morgan fingerprint density at radius 1 is 1.18 bits per heavy atom. The highest BCUT2D eigenvalue weighted by Gasteiger charge is 2.52. The van der Waals surface area contributed by atoms with Crippen LogP contribution in [0, 0.1) is 17.8 Å². The quantitative estimate of drug-likeness (QED) is 0.745. The highest BCUT2D eigenvalue weighted by atomic mass is 16.2. The van der Waals surface area contributed by atoms with E-state index in [1.54, 1.807) is 0 Å². The molecule has 22 heavy (non-hydrogen) atoms. The fourth-order valence-corrected chi connectivity index (χ4v) is 5.30. The monoisotopic (exact) mass is 305 g/mol. The van der Waals surface area contributed by atoms with E-state index in [1.807, 2.05) is 0 Å². The number of carbonyl (C=O) groups is 1. The Morgan fingerprint density at radius 3 is 2.73 bits per heavy atom. The fourth-order valence-electron chi connectivity index (χ4n) is 5.30. The molecule has 0 bridgehead atoms. The highest BCUT2D eigenvalue weighted by Crippen LogP contribution is 2.45. The van der Waals surface area contributed by atoms with Crippen LogP contribution in [-0.2, 0) is 4.79 Å². The van der Waals surface area contributed by atoms with Crippen molar-refractivity contribution < 1.29 is 4.79 Å². The van der Waals surface area contributed by atoms with Crippen molar-refractivity contribution in [1.82, 2.24) is 16.0 Å². The number of piperidine rings is 1. The fraction of sp³-hybridized carbons (Fsp3) is 0.944. The van der Waals surface area contributed by atoms with Crippen molar-refractivity contribution in [3.05, 3.63) is 0 Å². The molecule has 4 rings (SSSR count). The molecule has 2 aliphatic heterocycles. The Hall–Kier alpha value is -0.610. The van der Waals surface area contributed by atoms with E-state index in [2.05, 4.69) is 22.9 Å². The lowest BCUT2D eigenvalue weighted by molar-refractivity contribution is -0.124. The molecule has 0 radical (unpaired) electrons. The standard InChI is InChI=1S/C18H31N3O/c1-12-4-2-5-13-10-15(20-16(12)13)17(22)21-18(7-8-18)14-6-3-9-19-11-14/h12-16,19-20H,2-11H2,1H3,(H,21,22). The zero-order chi connectivity index (χ0) is 15.2. The lowest BCUT2D eigenvalue weighted by Crippen LogP contribution is -2.53. The Bertz CT molecular complexity index is 428. The Morgan fingerprint density at radius 2 is 2.05 bits per heavy atom. The van der Waals surface area contributed by atoms with Crippen molar-refractivity contribution in [2.24, 2.45) is 17.8 Å². The van der Waals surface area contributed by atoms with Gasteiger partial charge in [-0.25, -0.2) is 0 Å². The Labute approximate surface area is 134 Å². The Balaban J connectivity index is 1.36. The molecule has 2 saturated heterocycles. The van der Waals surface area contributed by atoms with E-state index in [9.17, 15) is 4.79 Å². The zero-order valence-electron chi connectivity index (χ0n) is 13.9. The molecular formula is C18H31N3O. The first-order chi connectivity index (χ1) is 10.7. The van der Waals surface area contributed by atoms with Crippen LogP contribution in [0.5, 0.6) is 0 Å². The second-order valence-corrected chi connectivity index (χ2v) is 8.34. The molecule has 124 valence electrons. The minimum Gasteiger partial charge on any atom is -0.349 e. The molecule has 5 unspecified atom stereocenters. The zero-order valence-corrected chi connectivity index (χ0v) is 13.9. The van der Waals surface area contributed by atoms with E-state index in [-0.39, 0.29) is 17.5 Å². The second-order valence-electron chi connectivity index (χ2n) is 8.34. The summed E-state index contributed by atoms with van der Waals surface area (Å²) in [5.74, 6) is 2.39. The van der Waals surface area contributed by atoms with Crippen molar-refractivity contribution in [2.75, 3.05) is 13.1 Å². The molecule has 2 aliphatic carbocycles. The summed E-state index contributed by atoms with van der Waals surface area (Å²) in [6.07, 6.45) is 9.92. The molecule has 4 nitrogen and oxygen atoms in total. The molecular weight excluding hydrogens is 274 g/mol. The second kappa shape index (κ2) is 5.79. The number of fused-ring (bicyclic) bond motifs is 1. The summed E-state index contributed by atoms with van der Waals surface area (Å²) in [5, 5.41) is 10.6. The van der Waals surface area contributed by atoms with E-state index in [1.165, 1.54) is 44.9 Å². The predicted octanol–water partition coefficient (Wildman–Crippen LogP) is 1.80. The maximum atomic E-state index is 12.8. The smallest absolute Gasteiger partial charge is 0.237 e. The number of carbonyl (C=O) groups excluding carboxylic acids is 1. The van der Waals surface area contributed by atoms with Gasteiger partial charge in [-0.1, -0.05) is 13.3 Å². The van der Waals surface area contributed by atoms with Crippen LogP contribution in [0.1, 0.15) is 58.3 Å². The van der Waals surface area contributed by atoms with Gasteiger partial charge in [0.2, 0.25) is 5.91 Å². The van der Waals surface area contributed by atoms with Gasteiger partial charge in [0.15, 0.2) is 0 Å². The molecule has 5 atom stereocenters. The highest BCUT2D eigenvalue weighted by molar-refractivity contribution is 5.83. The first kappa shape index (κ1) is 14.9. The minimum atomic E-state index is 0.0598. The van der Waals surface area contributed by atoms with Gasteiger partial charge in [0, 0.05) is 18.1 Å². The van der Waals surface area contributed by atoms with Crippen LogP contribution in [0.4, 0.5) is 0 Å². The Kier molecular flexibility index (Phi) is 3.93. The largest absolute Gasteiger partial charge is 0.349 e. The average molecular weight is 305 g/mol. The molecule has 2 saturated carbocycles. The van der Waals surface area contributed by atoms with Crippen LogP contribution in [0.2, 0.25) is 0 Å². The lowest BCUT2D eigenvalue weighted by Gasteiger charge is -2.32. The molecule has 0 aromatic heterocycles. The normalized spacial score (nSPS) is 43.4. The van der Waals surface area contributed by atoms with Gasteiger partial charge in [0.1, 0.15) is 0 Å². The predicted molar refractivity (Wildman–Crippen MR) is 87.5 cm³/mol.